The summed E-state index contributed by atoms with van der Waals surface area (Å²) in [6.07, 6.45) is 0. The van der Waals surface area contributed by atoms with Crippen LogP contribution in [0.3, 0.4) is 0 Å². The summed E-state index contributed by atoms with van der Waals surface area (Å²) in [5, 5.41) is 2.85. The van der Waals surface area contributed by atoms with Gasteiger partial charge in [-0.05, 0) is 36.4 Å². The van der Waals surface area contributed by atoms with Gasteiger partial charge in [-0.3, -0.25) is 0 Å². The SMILES string of the molecule is NC(=S)c1cc(F)ccc1Nc1cc(Br)ccc1F. The molecule has 0 saturated heterocycles. The molecule has 0 aliphatic carbocycles. The second kappa shape index (κ2) is 5.63. The number of thiocarbonyl (C=S) groups is 1. The predicted molar refractivity (Wildman–Crippen MR) is 79.7 cm³/mol. The van der Waals surface area contributed by atoms with E-state index in [-0.39, 0.29) is 10.7 Å². The number of benzene rings is 2. The van der Waals surface area contributed by atoms with Crippen LogP contribution in [0.25, 0.3) is 0 Å². The van der Waals surface area contributed by atoms with Gasteiger partial charge in [0.15, 0.2) is 0 Å². The summed E-state index contributed by atoms with van der Waals surface area (Å²) < 4.78 is 27.5. The number of anilines is 2. The maximum atomic E-state index is 13.6. The summed E-state index contributed by atoms with van der Waals surface area (Å²) in [7, 11) is 0. The zero-order valence-corrected chi connectivity index (χ0v) is 12.0. The summed E-state index contributed by atoms with van der Waals surface area (Å²) in [6.45, 7) is 0. The molecule has 0 amide bonds. The molecule has 0 atom stereocenters. The Balaban J connectivity index is 2.43. The maximum absolute atomic E-state index is 13.6. The van der Waals surface area contributed by atoms with Gasteiger partial charge in [-0.2, -0.15) is 0 Å². The van der Waals surface area contributed by atoms with Crippen molar-refractivity contribution in [3.63, 3.8) is 0 Å². The number of nitrogens with two attached hydrogens (primary N) is 1. The number of hydrogen-bond acceptors (Lipinski definition) is 2. The van der Waals surface area contributed by atoms with Gasteiger partial charge in [-0.15, -0.1) is 0 Å². The Labute approximate surface area is 122 Å². The summed E-state index contributed by atoms with van der Waals surface area (Å²) in [4.78, 5) is 0.0393. The van der Waals surface area contributed by atoms with Crippen molar-refractivity contribution in [1.82, 2.24) is 0 Å². The Morgan fingerprint density at radius 1 is 1.11 bits per heavy atom. The minimum absolute atomic E-state index is 0.0393. The van der Waals surface area contributed by atoms with Crippen molar-refractivity contribution in [2.45, 2.75) is 0 Å². The maximum Gasteiger partial charge on any atom is 0.146 e. The van der Waals surface area contributed by atoms with E-state index in [9.17, 15) is 8.78 Å². The molecule has 2 aromatic rings. The highest BCUT2D eigenvalue weighted by Gasteiger charge is 2.09. The average molecular weight is 343 g/mol. The third-order valence-electron chi connectivity index (χ3n) is 2.44. The first kappa shape index (κ1) is 13.9. The Bertz CT molecular complexity index is 647. The largest absolute Gasteiger partial charge is 0.389 e. The standard InChI is InChI=1S/C13H9BrF2N2S/c14-7-1-3-10(16)12(5-7)18-11-4-2-8(15)6-9(11)13(17)19/h1-6,18H,(H2,17,19). The van der Waals surface area contributed by atoms with E-state index in [2.05, 4.69) is 21.2 Å². The van der Waals surface area contributed by atoms with Crippen LogP contribution in [0.15, 0.2) is 40.9 Å². The van der Waals surface area contributed by atoms with Crippen molar-refractivity contribution in [2.24, 2.45) is 5.73 Å². The molecule has 0 aliphatic rings. The molecule has 2 aromatic carbocycles. The van der Waals surface area contributed by atoms with Crippen LogP contribution >= 0.6 is 28.1 Å². The zero-order chi connectivity index (χ0) is 14.0. The van der Waals surface area contributed by atoms with Crippen LogP contribution in [0.4, 0.5) is 20.2 Å². The van der Waals surface area contributed by atoms with E-state index in [4.69, 9.17) is 18.0 Å². The van der Waals surface area contributed by atoms with Crippen molar-refractivity contribution in [3.8, 4) is 0 Å². The third-order valence-corrected chi connectivity index (χ3v) is 3.16. The molecule has 0 spiro atoms. The van der Waals surface area contributed by atoms with E-state index in [1.807, 2.05) is 0 Å². The van der Waals surface area contributed by atoms with Crippen molar-refractivity contribution >= 4 is 44.5 Å². The van der Waals surface area contributed by atoms with Crippen LogP contribution in [0, 0.1) is 11.6 Å². The second-order valence-electron chi connectivity index (χ2n) is 3.80. The molecule has 98 valence electrons. The van der Waals surface area contributed by atoms with Gasteiger partial charge in [0.2, 0.25) is 0 Å². The molecule has 3 N–H and O–H groups in total. The summed E-state index contributed by atoms with van der Waals surface area (Å²) in [5.74, 6) is -0.885. The highest BCUT2D eigenvalue weighted by Crippen LogP contribution is 2.26. The fourth-order valence-corrected chi connectivity index (χ4v) is 2.10. The first-order valence-corrected chi connectivity index (χ1v) is 6.49. The van der Waals surface area contributed by atoms with Crippen LogP contribution in [0.1, 0.15) is 5.56 Å². The lowest BCUT2D eigenvalue weighted by atomic mass is 10.1. The lowest BCUT2D eigenvalue weighted by Gasteiger charge is -2.12. The molecule has 19 heavy (non-hydrogen) atoms. The van der Waals surface area contributed by atoms with Crippen molar-refractivity contribution in [1.29, 1.82) is 0 Å². The minimum atomic E-state index is -0.455. The molecule has 0 radical (unpaired) electrons. The van der Waals surface area contributed by atoms with Crippen LogP contribution in [-0.4, -0.2) is 4.99 Å². The van der Waals surface area contributed by atoms with Gasteiger partial charge in [0.25, 0.3) is 0 Å². The summed E-state index contributed by atoms with van der Waals surface area (Å²) in [6, 6.07) is 8.39. The van der Waals surface area contributed by atoms with Crippen molar-refractivity contribution < 1.29 is 8.78 Å². The molecule has 0 saturated carbocycles. The summed E-state index contributed by atoms with van der Waals surface area (Å²) in [5.41, 5.74) is 6.55. The number of halogens is 3. The average Bonchev–Trinajstić information content (AvgIpc) is 2.35. The van der Waals surface area contributed by atoms with Gasteiger partial charge < -0.3 is 11.1 Å². The molecule has 6 heteroatoms. The van der Waals surface area contributed by atoms with Gasteiger partial charge in [0.05, 0.1) is 5.69 Å². The molecule has 0 aromatic heterocycles. The molecule has 0 bridgehead atoms. The Morgan fingerprint density at radius 3 is 2.53 bits per heavy atom. The molecular weight excluding hydrogens is 334 g/mol. The number of rotatable bonds is 3. The van der Waals surface area contributed by atoms with Crippen molar-refractivity contribution in [3.05, 3.63) is 58.1 Å². The van der Waals surface area contributed by atoms with E-state index >= 15 is 0 Å². The molecule has 0 heterocycles. The predicted octanol–water partition coefficient (Wildman–Crippen LogP) is 4.11. The fraction of sp³-hybridized carbons (Fsp3) is 0. The van der Waals surface area contributed by atoms with Gasteiger partial charge in [-0.25, -0.2) is 8.78 Å². The lowest BCUT2D eigenvalue weighted by Crippen LogP contribution is -2.12. The van der Waals surface area contributed by atoms with Crippen molar-refractivity contribution in [2.75, 3.05) is 5.32 Å². The van der Waals surface area contributed by atoms with Crippen LogP contribution < -0.4 is 11.1 Å². The van der Waals surface area contributed by atoms with Gasteiger partial charge in [0, 0.05) is 15.7 Å². The molecule has 0 fully saturated rings. The first-order valence-electron chi connectivity index (χ1n) is 5.29. The van der Waals surface area contributed by atoms with E-state index in [1.54, 1.807) is 12.1 Å². The summed E-state index contributed by atoms with van der Waals surface area (Å²) >= 11 is 8.10. The lowest BCUT2D eigenvalue weighted by molar-refractivity contribution is 0.627. The first-order chi connectivity index (χ1) is 8.97. The third kappa shape index (κ3) is 3.27. The molecule has 2 nitrogen and oxygen atoms in total. The Hall–Kier alpha value is -1.53. The highest BCUT2D eigenvalue weighted by atomic mass is 79.9. The molecule has 2 rings (SSSR count). The molecule has 0 aliphatic heterocycles. The highest BCUT2D eigenvalue weighted by molar-refractivity contribution is 9.10. The van der Waals surface area contributed by atoms with Gasteiger partial charge >= 0.3 is 0 Å². The normalized spacial score (nSPS) is 10.3. The minimum Gasteiger partial charge on any atom is -0.389 e. The second-order valence-corrected chi connectivity index (χ2v) is 5.16. The van der Waals surface area contributed by atoms with Gasteiger partial charge in [-0.1, -0.05) is 28.1 Å². The van der Waals surface area contributed by atoms with Crippen LogP contribution in [0.2, 0.25) is 0 Å². The quantitative estimate of drug-likeness (QED) is 0.824. The van der Waals surface area contributed by atoms with Gasteiger partial charge in [0.1, 0.15) is 16.6 Å². The zero-order valence-electron chi connectivity index (χ0n) is 9.58. The van der Waals surface area contributed by atoms with E-state index < -0.39 is 11.6 Å². The van der Waals surface area contributed by atoms with E-state index in [0.717, 1.165) is 4.47 Å². The van der Waals surface area contributed by atoms with Crippen LogP contribution in [-0.2, 0) is 0 Å². The smallest absolute Gasteiger partial charge is 0.146 e. The Morgan fingerprint density at radius 2 is 1.84 bits per heavy atom. The van der Waals surface area contributed by atoms with E-state index in [0.29, 0.717) is 11.3 Å². The molecular formula is C13H9BrF2N2S. The topological polar surface area (TPSA) is 38.0 Å². The fourth-order valence-electron chi connectivity index (χ4n) is 1.57. The number of hydrogen-bond donors (Lipinski definition) is 2. The Kier molecular flexibility index (Phi) is 4.11. The van der Waals surface area contributed by atoms with E-state index in [1.165, 1.54) is 24.3 Å². The molecule has 0 unspecified atom stereocenters. The monoisotopic (exact) mass is 342 g/mol. The van der Waals surface area contributed by atoms with Crippen LogP contribution in [0.5, 0.6) is 0 Å². The number of nitrogens with one attached hydrogen (secondary N) is 1.